The number of hydrogen-bond acceptors (Lipinski definition) is 2. The quantitative estimate of drug-likeness (QED) is 0.902. The van der Waals surface area contributed by atoms with Crippen molar-refractivity contribution in [3.05, 3.63) is 29.3 Å². The molecule has 1 aromatic rings. The first-order chi connectivity index (χ1) is 8.99. The van der Waals surface area contributed by atoms with Crippen LogP contribution < -0.4 is 5.32 Å². The number of nitrogens with zero attached hydrogens (tertiary/aromatic N) is 1. The molecule has 0 radical (unpaired) electrons. The molecule has 19 heavy (non-hydrogen) atoms. The number of anilines is 1. The fraction of sp³-hybridized carbons (Fsp3) is 0.562. The van der Waals surface area contributed by atoms with Crippen LogP contribution in [0.4, 0.5) is 5.69 Å². The van der Waals surface area contributed by atoms with Gasteiger partial charge in [-0.3, -0.25) is 4.79 Å². The average molecular weight is 260 g/mol. The molecule has 3 nitrogen and oxygen atoms in total. The first kappa shape index (κ1) is 13.9. The molecule has 0 saturated heterocycles. The van der Waals surface area contributed by atoms with Gasteiger partial charge in [0, 0.05) is 30.4 Å². The van der Waals surface area contributed by atoms with Crippen molar-refractivity contribution in [2.45, 2.75) is 40.2 Å². The summed E-state index contributed by atoms with van der Waals surface area (Å²) in [7, 11) is 0. The normalized spacial score (nSPS) is 13.6. The Morgan fingerprint density at radius 1 is 1.32 bits per heavy atom. The summed E-state index contributed by atoms with van der Waals surface area (Å²) in [6.07, 6.45) is 1.06. The molecule has 0 aliphatic carbocycles. The van der Waals surface area contributed by atoms with Crippen molar-refractivity contribution in [2.24, 2.45) is 5.92 Å². The second-order valence-electron chi connectivity index (χ2n) is 5.99. The predicted molar refractivity (Wildman–Crippen MR) is 79.6 cm³/mol. The summed E-state index contributed by atoms with van der Waals surface area (Å²) in [5.74, 6) is 0.624. The van der Waals surface area contributed by atoms with Crippen LogP contribution in [-0.4, -0.2) is 29.9 Å². The van der Waals surface area contributed by atoms with E-state index in [9.17, 15) is 4.79 Å². The smallest absolute Gasteiger partial charge is 0.254 e. The molecule has 1 aliphatic rings. The first-order valence-corrected chi connectivity index (χ1v) is 7.16. The highest BCUT2D eigenvalue weighted by molar-refractivity contribution is 5.95. The van der Waals surface area contributed by atoms with Crippen molar-refractivity contribution in [2.75, 3.05) is 18.4 Å². The van der Waals surface area contributed by atoms with E-state index in [4.69, 9.17) is 0 Å². The molecule has 1 aromatic carbocycles. The van der Waals surface area contributed by atoms with E-state index in [1.807, 2.05) is 17.0 Å². The molecule has 0 fully saturated rings. The van der Waals surface area contributed by atoms with Gasteiger partial charge >= 0.3 is 0 Å². The summed E-state index contributed by atoms with van der Waals surface area (Å²) >= 11 is 0. The highest BCUT2D eigenvalue weighted by Crippen LogP contribution is 2.24. The van der Waals surface area contributed by atoms with Crippen LogP contribution in [-0.2, 0) is 6.42 Å². The number of benzene rings is 1. The summed E-state index contributed by atoms with van der Waals surface area (Å²) in [4.78, 5) is 14.6. The van der Waals surface area contributed by atoms with Gasteiger partial charge in [0.1, 0.15) is 0 Å². The van der Waals surface area contributed by atoms with Gasteiger partial charge in [-0.1, -0.05) is 19.9 Å². The third-order valence-electron chi connectivity index (χ3n) is 3.51. The van der Waals surface area contributed by atoms with Crippen molar-refractivity contribution < 1.29 is 4.79 Å². The molecule has 0 saturated carbocycles. The van der Waals surface area contributed by atoms with Gasteiger partial charge in [0.25, 0.3) is 5.91 Å². The Kier molecular flexibility index (Phi) is 4.13. The predicted octanol–water partition coefficient (Wildman–Crippen LogP) is 3.16. The van der Waals surface area contributed by atoms with Crippen molar-refractivity contribution >= 4 is 11.6 Å². The Labute approximate surface area is 116 Å². The molecule has 3 heteroatoms. The average Bonchev–Trinajstić information content (AvgIpc) is 2.81. The van der Waals surface area contributed by atoms with Crippen LogP contribution in [0.1, 0.15) is 43.6 Å². The van der Waals surface area contributed by atoms with E-state index in [-0.39, 0.29) is 11.9 Å². The van der Waals surface area contributed by atoms with Gasteiger partial charge in [-0.05, 0) is 43.9 Å². The van der Waals surface area contributed by atoms with E-state index < -0.39 is 0 Å². The van der Waals surface area contributed by atoms with Gasteiger partial charge in [-0.15, -0.1) is 0 Å². The number of carbonyl (C=O) groups is 1. The summed E-state index contributed by atoms with van der Waals surface area (Å²) in [6, 6.07) is 6.27. The van der Waals surface area contributed by atoms with E-state index in [1.54, 1.807) is 0 Å². The number of carbonyl (C=O) groups excluding carboxylic acids is 1. The maximum absolute atomic E-state index is 12.6. The minimum absolute atomic E-state index is 0.139. The number of amides is 1. The van der Waals surface area contributed by atoms with Crippen LogP contribution >= 0.6 is 0 Å². The Balaban J connectivity index is 2.21. The fourth-order valence-electron chi connectivity index (χ4n) is 2.51. The highest BCUT2D eigenvalue weighted by atomic mass is 16.2. The SMILES string of the molecule is CC(C)CN(C(=O)c1ccc2c(c1)NCC2)C(C)C. The monoisotopic (exact) mass is 260 g/mol. The lowest BCUT2D eigenvalue weighted by atomic mass is 10.1. The van der Waals surface area contributed by atoms with Crippen molar-refractivity contribution in [3.8, 4) is 0 Å². The summed E-state index contributed by atoms with van der Waals surface area (Å²) in [5.41, 5.74) is 3.23. The fourth-order valence-corrected chi connectivity index (χ4v) is 2.51. The molecule has 0 spiro atoms. The standard InChI is InChI=1S/C16H24N2O/c1-11(2)10-18(12(3)4)16(19)14-6-5-13-7-8-17-15(13)9-14/h5-6,9,11-12,17H,7-8,10H2,1-4H3. The van der Waals surface area contributed by atoms with Crippen LogP contribution in [0.15, 0.2) is 18.2 Å². The maximum atomic E-state index is 12.6. The van der Waals surface area contributed by atoms with E-state index in [2.05, 4.69) is 39.1 Å². The zero-order valence-corrected chi connectivity index (χ0v) is 12.4. The van der Waals surface area contributed by atoms with Gasteiger partial charge < -0.3 is 10.2 Å². The van der Waals surface area contributed by atoms with Gasteiger partial charge in [0.2, 0.25) is 0 Å². The molecule has 0 atom stereocenters. The van der Waals surface area contributed by atoms with Crippen molar-refractivity contribution in [3.63, 3.8) is 0 Å². The van der Waals surface area contributed by atoms with E-state index >= 15 is 0 Å². The third-order valence-corrected chi connectivity index (χ3v) is 3.51. The Bertz CT molecular complexity index is 466. The second-order valence-corrected chi connectivity index (χ2v) is 5.99. The van der Waals surface area contributed by atoms with Crippen LogP contribution in [0.2, 0.25) is 0 Å². The van der Waals surface area contributed by atoms with E-state index in [0.717, 1.165) is 30.8 Å². The zero-order chi connectivity index (χ0) is 14.0. The molecule has 104 valence electrons. The minimum Gasteiger partial charge on any atom is -0.384 e. The van der Waals surface area contributed by atoms with Crippen LogP contribution in [0.3, 0.4) is 0 Å². The molecule has 1 aliphatic heterocycles. The lowest BCUT2D eigenvalue weighted by Crippen LogP contribution is -2.39. The van der Waals surface area contributed by atoms with Crippen molar-refractivity contribution in [1.29, 1.82) is 0 Å². The Hall–Kier alpha value is -1.51. The van der Waals surface area contributed by atoms with E-state index in [1.165, 1.54) is 5.56 Å². The summed E-state index contributed by atoms with van der Waals surface area (Å²) < 4.78 is 0. The van der Waals surface area contributed by atoms with E-state index in [0.29, 0.717) is 5.92 Å². The minimum atomic E-state index is 0.139. The Morgan fingerprint density at radius 2 is 2.05 bits per heavy atom. The molecule has 0 aromatic heterocycles. The summed E-state index contributed by atoms with van der Waals surface area (Å²) in [6.45, 7) is 10.2. The van der Waals surface area contributed by atoms with Gasteiger partial charge in [0.05, 0.1) is 0 Å². The highest BCUT2D eigenvalue weighted by Gasteiger charge is 2.21. The number of hydrogen-bond donors (Lipinski definition) is 1. The lowest BCUT2D eigenvalue weighted by Gasteiger charge is -2.28. The van der Waals surface area contributed by atoms with Gasteiger partial charge in [-0.25, -0.2) is 0 Å². The van der Waals surface area contributed by atoms with Gasteiger partial charge in [-0.2, -0.15) is 0 Å². The molecule has 1 N–H and O–H groups in total. The Morgan fingerprint density at radius 3 is 2.68 bits per heavy atom. The lowest BCUT2D eigenvalue weighted by molar-refractivity contribution is 0.0682. The number of rotatable bonds is 4. The van der Waals surface area contributed by atoms with Crippen LogP contribution in [0.25, 0.3) is 0 Å². The third kappa shape index (κ3) is 3.09. The maximum Gasteiger partial charge on any atom is 0.254 e. The molecule has 0 unspecified atom stereocenters. The molecule has 0 bridgehead atoms. The molecular weight excluding hydrogens is 236 g/mol. The molecular formula is C16H24N2O. The number of fused-ring (bicyclic) bond motifs is 1. The van der Waals surface area contributed by atoms with Crippen molar-refractivity contribution in [1.82, 2.24) is 4.90 Å². The largest absolute Gasteiger partial charge is 0.384 e. The summed E-state index contributed by atoms with van der Waals surface area (Å²) in [5, 5.41) is 3.33. The first-order valence-electron chi connectivity index (χ1n) is 7.16. The van der Waals surface area contributed by atoms with Crippen LogP contribution in [0, 0.1) is 5.92 Å². The van der Waals surface area contributed by atoms with Gasteiger partial charge in [0.15, 0.2) is 0 Å². The molecule has 1 heterocycles. The number of nitrogens with one attached hydrogen (secondary N) is 1. The second kappa shape index (κ2) is 5.64. The molecule has 2 rings (SSSR count). The van der Waals surface area contributed by atoms with Crippen LogP contribution in [0.5, 0.6) is 0 Å². The molecule has 1 amide bonds. The topological polar surface area (TPSA) is 32.3 Å². The zero-order valence-electron chi connectivity index (χ0n) is 12.4.